The maximum atomic E-state index is 12.0. The van der Waals surface area contributed by atoms with Crippen molar-refractivity contribution in [3.05, 3.63) is 27.2 Å². The Morgan fingerprint density at radius 2 is 1.74 bits per heavy atom. The highest BCUT2D eigenvalue weighted by molar-refractivity contribution is 7.92. The van der Waals surface area contributed by atoms with Gasteiger partial charge >= 0.3 is 0 Å². The summed E-state index contributed by atoms with van der Waals surface area (Å²) < 4.78 is 24.8. The lowest BCUT2D eigenvalue weighted by molar-refractivity contribution is -0.116. The number of anilines is 1. The summed E-state index contributed by atoms with van der Waals surface area (Å²) in [5.41, 5.74) is 5.12. The summed E-state index contributed by atoms with van der Waals surface area (Å²) in [5, 5.41) is 0.373. The number of hydrogen-bond acceptors (Lipinski definition) is 3. The molecule has 0 radical (unpaired) electrons. The van der Waals surface area contributed by atoms with Gasteiger partial charge in [-0.05, 0) is 19.1 Å². The fourth-order valence-corrected chi connectivity index (χ4v) is 3.11. The van der Waals surface area contributed by atoms with Crippen molar-refractivity contribution in [2.45, 2.75) is 6.92 Å². The third-order valence-corrected chi connectivity index (χ3v) is 5.01. The molecule has 5 nitrogen and oxygen atoms in total. The Morgan fingerprint density at radius 1 is 1.21 bits per heavy atom. The molecule has 1 aromatic rings. The second-order valence-corrected chi connectivity index (χ2v) is 6.99. The van der Waals surface area contributed by atoms with E-state index in [1.165, 1.54) is 19.1 Å². The molecule has 0 aliphatic rings. The van der Waals surface area contributed by atoms with Crippen LogP contribution in [0.5, 0.6) is 0 Å². The Bertz CT molecular complexity index is 604. The summed E-state index contributed by atoms with van der Waals surface area (Å²) in [6, 6.07) is 2.59. The predicted octanol–water partition coefficient (Wildman–Crippen LogP) is 2.29. The summed E-state index contributed by atoms with van der Waals surface area (Å²) in [4.78, 5) is 11.0. The van der Waals surface area contributed by atoms with E-state index < -0.39 is 22.5 Å². The van der Waals surface area contributed by atoms with Crippen LogP contribution >= 0.6 is 34.8 Å². The second kappa shape index (κ2) is 6.17. The van der Waals surface area contributed by atoms with Gasteiger partial charge in [0.1, 0.15) is 6.54 Å². The Balaban J connectivity index is 3.41. The fourth-order valence-electron chi connectivity index (χ4n) is 1.33. The molecule has 0 aromatic heterocycles. The number of carbonyl (C=O) groups is 1. The Labute approximate surface area is 126 Å². The van der Waals surface area contributed by atoms with E-state index in [1.54, 1.807) is 0 Å². The van der Waals surface area contributed by atoms with E-state index in [4.69, 9.17) is 40.5 Å². The van der Waals surface area contributed by atoms with Gasteiger partial charge in [-0.1, -0.05) is 34.8 Å². The maximum absolute atomic E-state index is 12.0. The lowest BCUT2D eigenvalue weighted by Crippen LogP contribution is -2.39. The van der Waals surface area contributed by atoms with E-state index in [2.05, 4.69) is 0 Å². The molecule has 1 aromatic carbocycles. The highest BCUT2D eigenvalue weighted by Crippen LogP contribution is 2.35. The van der Waals surface area contributed by atoms with Crippen molar-refractivity contribution in [1.82, 2.24) is 0 Å². The molecule has 0 heterocycles. The Morgan fingerprint density at radius 3 is 2.21 bits per heavy atom. The predicted molar refractivity (Wildman–Crippen MR) is 77.5 cm³/mol. The lowest BCUT2D eigenvalue weighted by Gasteiger charge is -2.23. The summed E-state index contributed by atoms with van der Waals surface area (Å²) >= 11 is 17.5. The van der Waals surface area contributed by atoms with Crippen LogP contribution in [-0.4, -0.2) is 26.6 Å². The smallest absolute Gasteiger partial charge is 0.238 e. The van der Waals surface area contributed by atoms with E-state index in [-0.39, 0.29) is 26.5 Å². The minimum absolute atomic E-state index is 0.0627. The number of hydrogen-bond donors (Lipinski definition) is 1. The Hall–Kier alpha value is -0.690. The molecule has 106 valence electrons. The van der Waals surface area contributed by atoms with Crippen LogP contribution in [-0.2, 0) is 14.8 Å². The van der Waals surface area contributed by atoms with Gasteiger partial charge in [-0.25, -0.2) is 8.42 Å². The maximum Gasteiger partial charge on any atom is 0.238 e. The molecule has 0 saturated carbocycles. The first kappa shape index (κ1) is 16.4. The van der Waals surface area contributed by atoms with Gasteiger partial charge in [0.2, 0.25) is 15.9 Å². The zero-order valence-electron chi connectivity index (χ0n) is 9.86. The van der Waals surface area contributed by atoms with Crippen LogP contribution in [0.15, 0.2) is 12.1 Å². The number of rotatable bonds is 5. The van der Waals surface area contributed by atoms with Gasteiger partial charge in [-0.2, -0.15) is 0 Å². The van der Waals surface area contributed by atoms with Gasteiger partial charge in [-0.15, -0.1) is 0 Å². The molecule has 0 spiro atoms. The van der Waals surface area contributed by atoms with Gasteiger partial charge in [0, 0.05) is 0 Å². The molecular weight excluding hydrogens is 335 g/mol. The van der Waals surface area contributed by atoms with Crippen LogP contribution in [0.25, 0.3) is 0 Å². The molecule has 1 rings (SSSR count). The first-order valence-corrected chi connectivity index (χ1v) is 7.86. The van der Waals surface area contributed by atoms with E-state index in [0.717, 1.165) is 4.31 Å². The van der Waals surface area contributed by atoms with E-state index in [0.29, 0.717) is 0 Å². The minimum Gasteiger partial charge on any atom is -0.368 e. The molecule has 1 amide bonds. The quantitative estimate of drug-likeness (QED) is 0.831. The topological polar surface area (TPSA) is 80.5 Å². The molecule has 0 fully saturated rings. The molecular formula is C10H11Cl3N2O3S. The summed E-state index contributed by atoms with van der Waals surface area (Å²) in [6.07, 6.45) is 0. The van der Waals surface area contributed by atoms with E-state index >= 15 is 0 Å². The number of primary amides is 1. The van der Waals surface area contributed by atoms with Crippen molar-refractivity contribution in [2.75, 3.05) is 16.6 Å². The van der Waals surface area contributed by atoms with Crippen molar-refractivity contribution >= 4 is 56.4 Å². The zero-order valence-corrected chi connectivity index (χ0v) is 12.9. The SMILES string of the molecule is CCS(=O)(=O)N(CC(N)=O)c1cc(Cl)c(Cl)cc1Cl. The number of halogens is 3. The van der Waals surface area contributed by atoms with Crippen LogP contribution in [0.1, 0.15) is 6.92 Å². The lowest BCUT2D eigenvalue weighted by atomic mass is 10.3. The van der Waals surface area contributed by atoms with Gasteiger partial charge < -0.3 is 5.73 Å². The van der Waals surface area contributed by atoms with E-state index in [1.807, 2.05) is 0 Å². The molecule has 0 aliphatic carbocycles. The van der Waals surface area contributed by atoms with Gasteiger partial charge in [-0.3, -0.25) is 9.10 Å². The molecule has 19 heavy (non-hydrogen) atoms. The first-order chi connectivity index (χ1) is 8.69. The van der Waals surface area contributed by atoms with Crippen LogP contribution in [0.2, 0.25) is 15.1 Å². The molecule has 0 saturated heterocycles. The number of nitrogens with zero attached hydrogens (tertiary/aromatic N) is 1. The molecule has 0 atom stereocenters. The van der Waals surface area contributed by atoms with E-state index in [9.17, 15) is 13.2 Å². The van der Waals surface area contributed by atoms with Crippen molar-refractivity contribution in [2.24, 2.45) is 5.73 Å². The van der Waals surface area contributed by atoms with Gasteiger partial charge in [0.05, 0.1) is 26.5 Å². The monoisotopic (exact) mass is 344 g/mol. The summed E-state index contributed by atoms with van der Waals surface area (Å²) in [6.45, 7) is 0.919. The zero-order chi connectivity index (χ0) is 14.8. The highest BCUT2D eigenvalue weighted by atomic mass is 35.5. The highest BCUT2D eigenvalue weighted by Gasteiger charge is 2.25. The number of sulfonamides is 1. The minimum atomic E-state index is -3.71. The molecule has 0 aliphatic heterocycles. The third-order valence-electron chi connectivity index (χ3n) is 2.26. The molecule has 0 unspecified atom stereocenters. The van der Waals surface area contributed by atoms with Crippen molar-refractivity contribution in [3.63, 3.8) is 0 Å². The van der Waals surface area contributed by atoms with Crippen molar-refractivity contribution in [3.8, 4) is 0 Å². The molecule has 2 N–H and O–H groups in total. The number of carbonyl (C=O) groups excluding carboxylic acids is 1. The fraction of sp³-hybridized carbons (Fsp3) is 0.300. The number of benzene rings is 1. The largest absolute Gasteiger partial charge is 0.368 e. The summed E-state index contributed by atoms with van der Waals surface area (Å²) in [5.74, 6) is -1.02. The second-order valence-electron chi connectivity index (χ2n) is 3.59. The third kappa shape index (κ3) is 3.89. The van der Waals surface area contributed by atoms with Crippen LogP contribution in [0, 0.1) is 0 Å². The normalized spacial score (nSPS) is 11.4. The van der Waals surface area contributed by atoms with Crippen LogP contribution in [0.4, 0.5) is 5.69 Å². The molecule has 0 bridgehead atoms. The van der Waals surface area contributed by atoms with Crippen molar-refractivity contribution < 1.29 is 13.2 Å². The van der Waals surface area contributed by atoms with Gasteiger partial charge in [0.15, 0.2) is 0 Å². The Kier molecular flexibility index (Phi) is 5.32. The standard InChI is InChI=1S/C10H11Cl3N2O3S/c1-2-19(17,18)15(5-10(14)16)9-4-7(12)6(11)3-8(9)13/h3-4H,2,5H2,1H3,(H2,14,16). The molecule has 9 heteroatoms. The average Bonchev–Trinajstić information content (AvgIpc) is 2.31. The first-order valence-electron chi connectivity index (χ1n) is 5.12. The number of nitrogens with two attached hydrogens (primary N) is 1. The number of amides is 1. The average molecular weight is 346 g/mol. The van der Waals surface area contributed by atoms with Gasteiger partial charge in [0.25, 0.3) is 0 Å². The van der Waals surface area contributed by atoms with Crippen molar-refractivity contribution in [1.29, 1.82) is 0 Å². The van der Waals surface area contributed by atoms with Crippen LogP contribution in [0.3, 0.4) is 0 Å². The van der Waals surface area contributed by atoms with Crippen LogP contribution < -0.4 is 10.0 Å². The summed E-state index contributed by atoms with van der Waals surface area (Å²) in [7, 11) is -3.71.